The maximum Gasteiger partial charge on any atom is 0.325 e. The summed E-state index contributed by atoms with van der Waals surface area (Å²) in [6.45, 7) is 5.75. The first-order chi connectivity index (χ1) is 16.7. The van der Waals surface area contributed by atoms with Crippen molar-refractivity contribution in [3.05, 3.63) is 81.8 Å². The van der Waals surface area contributed by atoms with Gasteiger partial charge in [-0.2, -0.15) is 0 Å². The summed E-state index contributed by atoms with van der Waals surface area (Å²) in [5.74, 6) is 0.0447. The monoisotopic (exact) mass is 535 g/mol. The van der Waals surface area contributed by atoms with Crippen molar-refractivity contribution < 1.29 is 19.1 Å². The number of carbonyl (C=O) groups excluding carboxylic acids is 2. The van der Waals surface area contributed by atoms with E-state index in [0.717, 1.165) is 21.3 Å². The second kappa shape index (κ2) is 8.61. The van der Waals surface area contributed by atoms with Crippen molar-refractivity contribution in [3.63, 3.8) is 0 Å². The summed E-state index contributed by atoms with van der Waals surface area (Å²) in [6, 6.07) is 17.7. The summed E-state index contributed by atoms with van der Waals surface area (Å²) in [5.41, 5.74) is 2.77. The predicted molar refractivity (Wildman–Crippen MR) is 138 cm³/mol. The Labute approximate surface area is 212 Å². The summed E-state index contributed by atoms with van der Waals surface area (Å²) in [4.78, 5) is 28.9. The lowest BCUT2D eigenvalue weighted by Gasteiger charge is -2.54. The Morgan fingerprint density at radius 2 is 1.89 bits per heavy atom. The molecule has 0 spiro atoms. The molecule has 3 amide bonds. The first-order valence-electron chi connectivity index (χ1n) is 11.3. The Bertz CT molecular complexity index is 1330. The molecule has 3 aromatic carbocycles. The van der Waals surface area contributed by atoms with Crippen molar-refractivity contribution >= 4 is 39.2 Å². The zero-order chi connectivity index (χ0) is 24.9. The maximum atomic E-state index is 13.9. The van der Waals surface area contributed by atoms with Gasteiger partial charge in [0.2, 0.25) is 11.6 Å². The number of hydrogen-bond acceptors (Lipinski definition) is 4. The molecule has 0 saturated carbocycles. The molecule has 7 nitrogen and oxygen atoms in total. The highest BCUT2D eigenvalue weighted by Crippen LogP contribution is 2.52. The normalized spacial score (nSPS) is 22.5. The number of carbonyl (C=O) groups is 2. The van der Waals surface area contributed by atoms with Gasteiger partial charge in [0, 0.05) is 21.4 Å². The molecule has 3 aromatic rings. The van der Waals surface area contributed by atoms with Gasteiger partial charge in [0.05, 0.1) is 13.2 Å². The van der Waals surface area contributed by atoms with Crippen LogP contribution in [0.5, 0.6) is 11.5 Å². The summed E-state index contributed by atoms with van der Waals surface area (Å²) < 4.78 is 13.0. The molecule has 2 aliphatic rings. The number of halogens is 1. The lowest BCUT2D eigenvalue weighted by Crippen LogP contribution is -2.72. The van der Waals surface area contributed by atoms with Crippen LogP contribution >= 0.6 is 15.9 Å². The third kappa shape index (κ3) is 3.82. The number of anilines is 2. The highest BCUT2D eigenvalue weighted by Gasteiger charge is 2.60. The molecular formula is C27H26BrN3O4. The van der Waals surface area contributed by atoms with Crippen molar-refractivity contribution in [2.24, 2.45) is 5.92 Å². The molecule has 0 aliphatic carbocycles. The van der Waals surface area contributed by atoms with Crippen LogP contribution in [0.4, 0.5) is 16.2 Å². The van der Waals surface area contributed by atoms with Crippen LogP contribution in [-0.4, -0.2) is 24.8 Å². The van der Waals surface area contributed by atoms with Gasteiger partial charge in [0.25, 0.3) is 0 Å². The van der Waals surface area contributed by atoms with E-state index in [9.17, 15) is 9.59 Å². The van der Waals surface area contributed by atoms with Crippen LogP contribution in [0.15, 0.2) is 65.1 Å². The molecule has 180 valence electrons. The summed E-state index contributed by atoms with van der Waals surface area (Å²) in [7, 11) is 1.57. The van der Waals surface area contributed by atoms with Gasteiger partial charge in [-0.3, -0.25) is 9.69 Å². The number of rotatable bonds is 4. The first-order valence-corrected chi connectivity index (χ1v) is 12.1. The molecule has 0 radical (unpaired) electrons. The predicted octanol–water partition coefficient (Wildman–Crippen LogP) is 5.71. The minimum Gasteiger partial charge on any atom is -0.493 e. The number of nitrogens with zero attached hydrogens (tertiary/aromatic N) is 1. The molecular weight excluding hydrogens is 510 g/mol. The zero-order valence-corrected chi connectivity index (χ0v) is 21.5. The van der Waals surface area contributed by atoms with Crippen molar-refractivity contribution in [2.45, 2.75) is 32.5 Å². The van der Waals surface area contributed by atoms with Crippen LogP contribution in [-0.2, 0) is 4.79 Å². The molecule has 2 heterocycles. The lowest BCUT2D eigenvalue weighted by molar-refractivity contribution is -0.131. The maximum absolute atomic E-state index is 13.9. The SMILES string of the molecule is COc1cccc2c1OC1(C)C(C(=O)Nc3ccc(C)cc3C)C2NC(=O)N1c1ccc(Br)cc1. The van der Waals surface area contributed by atoms with E-state index in [0.29, 0.717) is 22.7 Å². The smallest absolute Gasteiger partial charge is 0.325 e. The average Bonchev–Trinajstić information content (AvgIpc) is 2.81. The Kier molecular flexibility index (Phi) is 5.71. The van der Waals surface area contributed by atoms with Crippen LogP contribution in [0.2, 0.25) is 0 Å². The number of urea groups is 1. The van der Waals surface area contributed by atoms with Crippen LogP contribution in [0.25, 0.3) is 0 Å². The second-order valence-electron chi connectivity index (χ2n) is 9.06. The van der Waals surface area contributed by atoms with E-state index in [-0.39, 0.29) is 11.9 Å². The van der Waals surface area contributed by atoms with Crippen LogP contribution < -0.4 is 25.0 Å². The molecule has 3 atom stereocenters. The van der Waals surface area contributed by atoms with Gasteiger partial charge in [0.1, 0.15) is 5.92 Å². The van der Waals surface area contributed by atoms with E-state index in [1.54, 1.807) is 20.1 Å². The van der Waals surface area contributed by atoms with E-state index in [1.807, 2.05) is 68.4 Å². The number of hydrogen-bond donors (Lipinski definition) is 2. The Morgan fingerprint density at radius 1 is 1.14 bits per heavy atom. The topological polar surface area (TPSA) is 79.9 Å². The van der Waals surface area contributed by atoms with Crippen molar-refractivity contribution in [2.75, 3.05) is 17.3 Å². The van der Waals surface area contributed by atoms with Crippen molar-refractivity contribution in [1.29, 1.82) is 0 Å². The molecule has 1 fully saturated rings. The van der Waals surface area contributed by atoms with Crippen molar-refractivity contribution in [3.8, 4) is 11.5 Å². The Morgan fingerprint density at radius 3 is 2.57 bits per heavy atom. The minimum absolute atomic E-state index is 0.250. The third-order valence-electron chi connectivity index (χ3n) is 6.72. The van der Waals surface area contributed by atoms with E-state index in [2.05, 4.69) is 26.6 Å². The molecule has 3 unspecified atom stereocenters. The quantitative estimate of drug-likeness (QED) is 0.448. The first kappa shape index (κ1) is 23.2. The number of methoxy groups -OCH3 is 1. The van der Waals surface area contributed by atoms with E-state index in [4.69, 9.17) is 9.47 Å². The van der Waals surface area contributed by atoms with Crippen molar-refractivity contribution in [1.82, 2.24) is 5.32 Å². The molecule has 35 heavy (non-hydrogen) atoms. The summed E-state index contributed by atoms with van der Waals surface area (Å²) >= 11 is 3.44. The number of amides is 3. The van der Waals surface area contributed by atoms with Gasteiger partial charge >= 0.3 is 6.03 Å². The number of fused-ring (bicyclic) bond motifs is 4. The molecule has 2 N–H and O–H groups in total. The Balaban J connectivity index is 1.64. The summed E-state index contributed by atoms with van der Waals surface area (Å²) in [5, 5.41) is 6.14. The van der Waals surface area contributed by atoms with Crippen LogP contribution in [0.3, 0.4) is 0 Å². The van der Waals surface area contributed by atoms with E-state index < -0.39 is 17.7 Å². The fourth-order valence-corrected chi connectivity index (χ4v) is 5.34. The van der Waals surface area contributed by atoms with Gasteiger partial charge in [-0.25, -0.2) is 4.79 Å². The molecule has 2 aliphatic heterocycles. The third-order valence-corrected chi connectivity index (χ3v) is 7.25. The Hall–Kier alpha value is -3.52. The molecule has 1 saturated heterocycles. The molecule has 5 rings (SSSR count). The highest BCUT2D eigenvalue weighted by atomic mass is 79.9. The highest BCUT2D eigenvalue weighted by molar-refractivity contribution is 9.10. The lowest BCUT2D eigenvalue weighted by atomic mass is 9.78. The molecule has 8 heteroatoms. The van der Waals surface area contributed by atoms with Crippen LogP contribution in [0.1, 0.15) is 29.7 Å². The fourth-order valence-electron chi connectivity index (χ4n) is 5.07. The largest absolute Gasteiger partial charge is 0.493 e. The number of ether oxygens (including phenoxy) is 2. The van der Waals surface area contributed by atoms with E-state index >= 15 is 0 Å². The molecule has 0 aromatic heterocycles. The number of para-hydroxylation sites is 1. The van der Waals surface area contributed by atoms with Gasteiger partial charge < -0.3 is 20.1 Å². The van der Waals surface area contributed by atoms with E-state index in [1.165, 1.54) is 4.90 Å². The summed E-state index contributed by atoms with van der Waals surface area (Å²) in [6.07, 6.45) is 0. The average molecular weight is 536 g/mol. The van der Waals surface area contributed by atoms with Gasteiger partial charge in [-0.05, 0) is 62.7 Å². The number of benzene rings is 3. The number of nitrogens with one attached hydrogen (secondary N) is 2. The standard InChI is InChI=1S/C27H26BrN3O4/c1-15-8-13-20(16(2)14-15)29-25(32)22-23-19-6-5-7-21(34-4)24(19)35-27(22,3)31(26(33)30-23)18-11-9-17(28)10-12-18/h5-14,22-23H,1-4H3,(H,29,32)(H,30,33). The van der Waals surface area contributed by atoms with Crippen LogP contribution in [0, 0.1) is 19.8 Å². The fraction of sp³-hybridized carbons (Fsp3) is 0.259. The van der Waals surface area contributed by atoms with Gasteiger partial charge in [0.15, 0.2) is 11.5 Å². The molecule has 2 bridgehead atoms. The second-order valence-corrected chi connectivity index (χ2v) is 9.98. The number of aryl methyl sites for hydroxylation is 2. The minimum atomic E-state index is -1.33. The van der Waals surface area contributed by atoms with Gasteiger partial charge in [-0.15, -0.1) is 0 Å². The van der Waals surface area contributed by atoms with Gasteiger partial charge in [-0.1, -0.05) is 45.8 Å². The zero-order valence-electron chi connectivity index (χ0n) is 19.9.